The van der Waals surface area contributed by atoms with Gasteiger partial charge in [-0.15, -0.1) is 0 Å². The van der Waals surface area contributed by atoms with E-state index in [9.17, 15) is 19.2 Å². The summed E-state index contributed by atoms with van der Waals surface area (Å²) in [5, 5.41) is 3.10. The number of anilines is 1. The van der Waals surface area contributed by atoms with Gasteiger partial charge < -0.3 is 14.5 Å². The highest BCUT2D eigenvalue weighted by molar-refractivity contribution is 5.97. The van der Waals surface area contributed by atoms with Crippen LogP contribution in [-0.2, 0) is 9.53 Å². The van der Waals surface area contributed by atoms with E-state index >= 15 is 0 Å². The van der Waals surface area contributed by atoms with Gasteiger partial charge in [-0.3, -0.25) is 9.59 Å². The highest BCUT2D eigenvalue weighted by Gasteiger charge is 2.16. The fourth-order valence-electron chi connectivity index (χ4n) is 2.40. The molecule has 3 aromatic rings. The Morgan fingerprint density at radius 3 is 2.44 bits per heavy atom. The summed E-state index contributed by atoms with van der Waals surface area (Å²) in [7, 11) is 0. The van der Waals surface area contributed by atoms with Gasteiger partial charge in [0.15, 0.2) is 12.4 Å². The summed E-state index contributed by atoms with van der Waals surface area (Å²) < 4.78 is 9.95. The van der Waals surface area contributed by atoms with E-state index in [0.717, 1.165) is 0 Å². The van der Waals surface area contributed by atoms with Crippen molar-refractivity contribution in [1.82, 2.24) is 0 Å². The molecule has 1 amide bonds. The third kappa shape index (κ3) is 4.27. The van der Waals surface area contributed by atoms with Crippen LogP contribution in [0.3, 0.4) is 0 Å². The molecule has 136 valence electrons. The zero-order valence-corrected chi connectivity index (χ0v) is 14.4. The second kappa shape index (κ2) is 7.65. The number of benzene rings is 2. The van der Waals surface area contributed by atoms with Gasteiger partial charge in [-0.1, -0.05) is 18.2 Å². The molecule has 0 aliphatic carbocycles. The average Bonchev–Trinajstić information content (AvgIpc) is 2.66. The number of rotatable bonds is 5. The van der Waals surface area contributed by atoms with E-state index in [4.69, 9.17) is 9.15 Å². The molecule has 0 radical (unpaired) electrons. The van der Waals surface area contributed by atoms with Gasteiger partial charge >= 0.3 is 11.6 Å². The summed E-state index contributed by atoms with van der Waals surface area (Å²) in [5.41, 5.74) is 0.200. The van der Waals surface area contributed by atoms with Crippen LogP contribution >= 0.6 is 0 Å². The third-order valence-electron chi connectivity index (χ3n) is 3.77. The number of hydrogen-bond acceptors (Lipinski definition) is 6. The van der Waals surface area contributed by atoms with Gasteiger partial charge in [0, 0.05) is 16.6 Å². The average molecular weight is 365 g/mol. The largest absolute Gasteiger partial charge is 0.452 e. The van der Waals surface area contributed by atoms with Crippen molar-refractivity contribution < 1.29 is 23.5 Å². The zero-order valence-electron chi connectivity index (χ0n) is 14.4. The fraction of sp³-hybridized carbons (Fsp3) is 0.100. The number of fused-ring (bicyclic) bond motifs is 1. The first-order chi connectivity index (χ1) is 12.9. The maximum atomic E-state index is 12.1. The summed E-state index contributed by atoms with van der Waals surface area (Å²) in [6.07, 6.45) is 0. The Hall–Kier alpha value is -3.74. The molecule has 0 fully saturated rings. The number of esters is 1. The molecule has 2 aromatic carbocycles. The summed E-state index contributed by atoms with van der Waals surface area (Å²) in [6.45, 7) is 0.871. The van der Waals surface area contributed by atoms with E-state index in [1.54, 1.807) is 48.5 Å². The van der Waals surface area contributed by atoms with Crippen LogP contribution in [0.5, 0.6) is 0 Å². The van der Waals surface area contributed by atoms with Gasteiger partial charge in [0.1, 0.15) is 11.1 Å². The Kier molecular flexibility index (Phi) is 5.12. The van der Waals surface area contributed by atoms with E-state index < -0.39 is 24.1 Å². The summed E-state index contributed by atoms with van der Waals surface area (Å²) in [6, 6.07) is 14.4. The lowest BCUT2D eigenvalue weighted by Crippen LogP contribution is -2.23. The Morgan fingerprint density at radius 1 is 1.04 bits per heavy atom. The van der Waals surface area contributed by atoms with E-state index in [0.29, 0.717) is 22.2 Å². The van der Waals surface area contributed by atoms with Gasteiger partial charge in [0.2, 0.25) is 0 Å². The molecule has 3 rings (SSSR count). The molecule has 1 N–H and O–H groups in total. The number of ether oxygens (including phenoxy) is 1. The number of hydrogen-bond donors (Lipinski definition) is 1. The van der Waals surface area contributed by atoms with Gasteiger partial charge in [-0.2, -0.15) is 0 Å². The second-order valence-corrected chi connectivity index (χ2v) is 5.74. The molecular weight excluding hydrogens is 350 g/mol. The van der Waals surface area contributed by atoms with E-state index in [1.165, 1.54) is 13.0 Å². The van der Waals surface area contributed by atoms with Crippen LogP contribution < -0.4 is 10.9 Å². The first-order valence-corrected chi connectivity index (χ1v) is 8.05. The molecule has 0 spiro atoms. The van der Waals surface area contributed by atoms with Crippen molar-refractivity contribution in [2.45, 2.75) is 6.92 Å². The SMILES string of the molecule is CC(=O)c1ccc(NC(=O)COC(=O)c2cc3ccccc3oc2=O)cc1. The van der Waals surface area contributed by atoms with Crippen molar-refractivity contribution in [2.75, 3.05) is 11.9 Å². The molecule has 7 nitrogen and oxygen atoms in total. The lowest BCUT2D eigenvalue weighted by Gasteiger charge is -2.07. The van der Waals surface area contributed by atoms with Crippen molar-refractivity contribution in [1.29, 1.82) is 0 Å². The van der Waals surface area contributed by atoms with E-state index in [2.05, 4.69) is 5.32 Å². The summed E-state index contributed by atoms with van der Waals surface area (Å²) in [4.78, 5) is 47.1. The third-order valence-corrected chi connectivity index (χ3v) is 3.77. The van der Waals surface area contributed by atoms with Crippen molar-refractivity contribution in [3.8, 4) is 0 Å². The Morgan fingerprint density at radius 2 is 1.74 bits per heavy atom. The fourth-order valence-corrected chi connectivity index (χ4v) is 2.40. The first-order valence-electron chi connectivity index (χ1n) is 8.05. The minimum absolute atomic E-state index is 0.0870. The number of Topliss-reactive ketones (excluding diaryl/α,β-unsaturated/α-hetero) is 1. The second-order valence-electron chi connectivity index (χ2n) is 5.74. The number of amides is 1. The van der Waals surface area contributed by atoms with Gasteiger partial charge in [0.05, 0.1) is 0 Å². The van der Waals surface area contributed by atoms with Gasteiger partial charge in [-0.25, -0.2) is 9.59 Å². The predicted molar refractivity (Wildman–Crippen MR) is 97.8 cm³/mol. The molecule has 0 bridgehead atoms. The number of ketones is 1. The minimum Gasteiger partial charge on any atom is -0.452 e. The monoisotopic (exact) mass is 365 g/mol. The normalized spacial score (nSPS) is 10.4. The van der Waals surface area contributed by atoms with Gasteiger partial charge in [-0.05, 0) is 43.3 Å². The molecule has 0 aliphatic rings. The van der Waals surface area contributed by atoms with Crippen LogP contribution in [0.15, 0.2) is 63.8 Å². The first kappa shape index (κ1) is 18.1. The van der Waals surface area contributed by atoms with Crippen LogP contribution in [0.2, 0.25) is 0 Å². The summed E-state index contributed by atoms with van der Waals surface area (Å²) in [5.74, 6) is -1.61. The molecule has 0 saturated carbocycles. The van der Waals surface area contributed by atoms with E-state index in [-0.39, 0.29) is 11.3 Å². The molecule has 0 atom stereocenters. The molecular formula is C20H15NO6. The smallest absolute Gasteiger partial charge is 0.351 e. The Bertz CT molecular complexity index is 1080. The molecule has 27 heavy (non-hydrogen) atoms. The standard InChI is InChI=1S/C20H15NO6/c1-12(22)13-6-8-15(9-7-13)21-18(23)11-26-19(24)16-10-14-4-2-3-5-17(14)27-20(16)25/h2-10H,11H2,1H3,(H,21,23). The quantitative estimate of drug-likeness (QED) is 0.424. The number of nitrogens with one attached hydrogen (secondary N) is 1. The van der Waals surface area contributed by atoms with Crippen LogP contribution in [0, 0.1) is 0 Å². The van der Waals surface area contributed by atoms with Crippen molar-refractivity contribution in [3.05, 3.63) is 76.1 Å². The topological polar surface area (TPSA) is 103 Å². The van der Waals surface area contributed by atoms with Crippen LogP contribution in [-0.4, -0.2) is 24.3 Å². The predicted octanol–water partition coefficient (Wildman–Crippen LogP) is 2.79. The molecule has 1 heterocycles. The molecule has 7 heteroatoms. The summed E-state index contributed by atoms with van der Waals surface area (Å²) >= 11 is 0. The molecule has 0 unspecified atom stereocenters. The molecule has 1 aromatic heterocycles. The molecule has 0 saturated heterocycles. The highest BCUT2D eigenvalue weighted by atomic mass is 16.5. The Labute approximate surface area is 153 Å². The minimum atomic E-state index is -0.948. The van der Waals surface area contributed by atoms with Crippen LogP contribution in [0.1, 0.15) is 27.6 Å². The lowest BCUT2D eigenvalue weighted by molar-refractivity contribution is -0.119. The lowest BCUT2D eigenvalue weighted by atomic mass is 10.1. The number of carbonyl (C=O) groups is 3. The number of para-hydroxylation sites is 1. The molecule has 0 aliphatic heterocycles. The Balaban J connectivity index is 1.63. The zero-order chi connectivity index (χ0) is 19.4. The maximum Gasteiger partial charge on any atom is 0.351 e. The van der Waals surface area contributed by atoms with Crippen molar-refractivity contribution >= 4 is 34.3 Å². The van der Waals surface area contributed by atoms with Crippen molar-refractivity contribution in [3.63, 3.8) is 0 Å². The highest BCUT2D eigenvalue weighted by Crippen LogP contribution is 2.13. The van der Waals surface area contributed by atoms with Crippen LogP contribution in [0.4, 0.5) is 5.69 Å². The van der Waals surface area contributed by atoms with Crippen molar-refractivity contribution in [2.24, 2.45) is 0 Å². The maximum absolute atomic E-state index is 12.1. The van der Waals surface area contributed by atoms with Crippen LogP contribution in [0.25, 0.3) is 11.0 Å². The van der Waals surface area contributed by atoms with E-state index in [1.807, 2.05) is 0 Å². The number of carbonyl (C=O) groups excluding carboxylic acids is 3. The van der Waals surface area contributed by atoms with Gasteiger partial charge in [0.25, 0.3) is 5.91 Å².